The lowest BCUT2D eigenvalue weighted by atomic mass is 10.0. The predicted molar refractivity (Wildman–Crippen MR) is 57.6 cm³/mol. The van der Waals surface area contributed by atoms with Gasteiger partial charge in [-0.2, -0.15) is 0 Å². The second-order valence-electron chi connectivity index (χ2n) is 3.52. The zero-order chi connectivity index (χ0) is 10.6. The van der Waals surface area contributed by atoms with Gasteiger partial charge in [0.15, 0.2) is 0 Å². The van der Waals surface area contributed by atoms with Gasteiger partial charge in [0.1, 0.15) is 5.76 Å². The first kappa shape index (κ1) is 11.0. The van der Waals surface area contributed by atoms with Gasteiger partial charge in [-0.3, -0.25) is 11.3 Å². The van der Waals surface area contributed by atoms with Gasteiger partial charge in [0.25, 0.3) is 0 Å². The summed E-state index contributed by atoms with van der Waals surface area (Å²) in [6.07, 6.45) is 3.57. The molecule has 0 fully saturated rings. The lowest BCUT2D eigenvalue weighted by molar-refractivity contribution is 0.509. The van der Waals surface area contributed by atoms with Gasteiger partial charge in [0.05, 0.1) is 12.3 Å². The molecule has 0 spiro atoms. The Kier molecular flexibility index (Phi) is 3.92. The third-order valence-corrected chi connectivity index (χ3v) is 2.35. The maximum atomic E-state index is 5.48. The van der Waals surface area contributed by atoms with Crippen LogP contribution >= 0.6 is 0 Å². The Bertz CT molecular complexity index is 304. The highest BCUT2D eigenvalue weighted by molar-refractivity contribution is 5.18. The van der Waals surface area contributed by atoms with Crippen LogP contribution in [0.15, 0.2) is 28.9 Å². The fourth-order valence-electron chi connectivity index (χ4n) is 1.35. The van der Waals surface area contributed by atoms with Crippen LogP contribution in [0.1, 0.15) is 37.1 Å². The molecule has 1 atom stereocenters. The zero-order valence-corrected chi connectivity index (χ0v) is 8.84. The monoisotopic (exact) mass is 194 g/mol. The average Bonchev–Trinajstić information content (AvgIpc) is 2.60. The zero-order valence-electron chi connectivity index (χ0n) is 8.84. The first-order chi connectivity index (χ1) is 6.67. The standard InChI is InChI=1S/C11H18N2O/c1-4-8(2)5-11(13-12)10-6-9(3)14-7-10/h6-7,11,13H,2,4-5,12H2,1,3H3. The lowest BCUT2D eigenvalue weighted by Gasteiger charge is -2.14. The van der Waals surface area contributed by atoms with Crippen molar-refractivity contribution >= 4 is 0 Å². The van der Waals surface area contributed by atoms with Gasteiger partial charge in [-0.15, -0.1) is 0 Å². The Morgan fingerprint density at radius 1 is 1.71 bits per heavy atom. The minimum absolute atomic E-state index is 0.111. The van der Waals surface area contributed by atoms with Crippen molar-refractivity contribution in [3.8, 4) is 0 Å². The number of nitrogens with one attached hydrogen (secondary N) is 1. The summed E-state index contributed by atoms with van der Waals surface area (Å²) in [5, 5.41) is 0. The Balaban J connectivity index is 2.67. The van der Waals surface area contributed by atoms with Crippen molar-refractivity contribution in [1.82, 2.24) is 5.43 Å². The molecule has 3 nitrogen and oxygen atoms in total. The molecule has 0 aliphatic heterocycles. The van der Waals surface area contributed by atoms with Crippen molar-refractivity contribution in [3.05, 3.63) is 35.8 Å². The maximum Gasteiger partial charge on any atom is 0.101 e. The summed E-state index contributed by atoms with van der Waals surface area (Å²) in [5.74, 6) is 6.39. The van der Waals surface area contributed by atoms with E-state index >= 15 is 0 Å². The number of hydrogen-bond donors (Lipinski definition) is 2. The molecule has 0 amide bonds. The van der Waals surface area contributed by atoms with E-state index in [0.29, 0.717) is 0 Å². The summed E-state index contributed by atoms with van der Waals surface area (Å²) in [4.78, 5) is 0. The molecule has 0 aromatic carbocycles. The van der Waals surface area contributed by atoms with E-state index in [4.69, 9.17) is 10.3 Å². The second-order valence-corrected chi connectivity index (χ2v) is 3.52. The summed E-state index contributed by atoms with van der Waals surface area (Å²) in [5.41, 5.74) is 5.05. The van der Waals surface area contributed by atoms with Crippen LogP contribution in [0.2, 0.25) is 0 Å². The molecule has 1 unspecified atom stereocenters. The minimum Gasteiger partial charge on any atom is -0.469 e. The van der Waals surface area contributed by atoms with Crippen molar-refractivity contribution in [2.75, 3.05) is 0 Å². The van der Waals surface area contributed by atoms with Crippen LogP contribution < -0.4 is 11.3 Å². The summed E-state index contributed by atoms with van der Waals surface area (Å²) in [6.45, 7) is 7.98. The van der Waals surface area contributed by atoms with Crippen LogP contribution in [0.25, 0.3) is 0 Å². The molecule has 78 valence electrons. The normalized spacial score (nSPS) is 12.8. The molecule has 1 aromatic rings. The third kappa shape index (κ3) is 2.72. The lowest BCUT2D eigenvalue weighted by Crippen LogP contribution is -2.27. The van der Waals surface area contributed by atoms with Gasteiger partial charge in [0.2, 0.25) is 0 Å². The molecule has 0 radical (unpaired) electrons. The van der Waals surface area contributed by atoms with Crippen LogP contribution in [0, 0.1) is 6.92 Å². The predicted octanol–water partition coefficient (Wildman–Crippen LogP) is 2.45. The number of nitrogens with two attached hydrogens (primary N) is 1. The van der Waals surface area contributed by atoms with E-state index in [1.54, 1.807) is 6.26 Å². The first-order valence-electron chi connectivity index (χ1n) is 4.85. The average molecular weight is 194 g/mol. The second kappa shape index (κ2) is 4.98. The summed E-state index contributed by atoms with van der Waals surface area (Å²) in [6, 6.07) is 2.10. The van der Waals surface area contributed by atoms with Gasteiger partial charge in [-0.1, -0.05) is 19.1 Å². The maximum absolute atomic E-state index is 5.48. The SMILES string of the molecule is C=C(CC)CC(NN)c1coc(C)c1. The Morgan fingerprint density at radius 3 is 2.86 bits per heavy atom. The molecule has 0 saturated carbocycles. The van der Waals surface area contributed by atoms with E-state index in [1.807, 2.05) is 13.0 Å². The fourth-order valence-corrected chi connectivity index (χ4v) is 1.35. The number of hydrogen-bond acceptors (Lipinski definition) is 3. The van der Waals surface area contributed by atoms with Crippen LogP contribution in [0.4, 0.5) is 0 Å². The molecule has 3 heteroatoms. The summed E-state index contributed by atoms with van der Waals surface area (Å²) < 4.78 is 5.24. The number of furan rings is 1. The number of rotatable bonds is 5. The van der Waals surface area contributed by atoms with E-state index in [-0.39, 0.29) is 6.04 Å². The topological polar surface area (TPSA) is 51.2 Å². The molecule has 14 heavy (non-hydrogen) atoms. The smallest absolute Gasteiger partial charge is 0.101 e. The highest BCUT2D eigenvalue weighted by Crippen LogP contribution is 2.22. The van der Waals surface area contributed by atoms with Gasteiger partial charge >= 0.3 is 0 Å². The highest BCUT2D eigenvalue weighted by atomic mass is 16.3. The van der Waals surface area contributed by atoms with Crippen LogP contribution in [0.3, 0.4) is 0 Å². The third-order valence-electron chi connectivity index (χ3n) is 2.35. The molecule has 0 saturated heterocycles. The Morgan fingerprint density at radius 2 is 2.43 bits per heavy atom. The van der Waals surface area contributed by atoms with Crippen molar-refractivity contribution in [2.45, 2.75) is 32.7 Å². The van der Waals surface area contributed by atoms with Crippen molar-refractivity contribution in [1.29, 1.82) is 0 Å². The van der Waals surface area contributed by atoms with Gasteiger partial charge in [-0.05, 0) is 25.8 Å². The quantitative estimate of drug-likeness (QED) is 0.430. The number of hydrazine groups is 1. The minimum atomic E-state index is 0.111. The van der Waals surface area contributed by atoms with Gasteiger partial charge < -0.3 is 4.42 Å². The van der Waals surface area contributed by atoms with Crippen molar-refractivity contribution in [2.24, 2.45) is 5.84 Å². The molecular formula is C11H18N2O. The number of aryl methyl sites for hydroxylation is 1. The van der Waals surface area contributed by atoms with E-state index in [0.717, 1.165) is 24.2 Å². The van der Waals surface area contributed by atoms with E-state index in [2.05, 4.69) is 18.9 Å². The largest absolute Gasteiger partial charge is 0.469 e. The first-order valence-corrected chi connectivity index (χ1v) is 4.85. The molecule has 0 aliphatic carbocycles. The highest BCUT2D eigenvalue weighted by Gasteiger charge is 2.12. The molecular weight excluding hydrogens is 176 g/mol. The molecule has 0 bridgehead atoms. The molecule has 0 aliphatic rings. The van der Waals surface area contributed by atoms with Crippen LogP contribution in [-0.4, -0.2) is 0 Å². The Hall–Kier alpha value is -1.06. The molecule has 1 heterocycles. The van der Waals surface area contributed by atoms with Crippen LogP contribution in [-0.2, 0) is 0 Å². The Labute approximate surface area is 85.0 Å². The van der Waals surface area contributed by atoms with E-state index in [1.165, 1.54) is 5.57 Å². The van der Waals surface area contributed by atoms with Crippen molar-refractivity contribution < 1.29 is 4.42 Å². The van der Waals surface area contributed by atoms with E-state index < -0.39 is 0 Å². The molecule has 1 aromatic heterocycles. The van der Waals surface area contributed by atoms with Crippen LogP contribution in [0.5, 0.6) is 0 Å². The summed E-state index contributed by atoms with van der Waals surface area (Å²) >= 11 is 0. The van der Waals surface area contributed by atoms with Gasteiger partial charge in [-0.25, -0.2) is 0 Å². The summed E-state index contributed by atoms with van der Waals surface area (Å²) in [7, 11) is 0. The van der Waals surface area contributed by atoms with Crippen molar-refractivity contribution in [3.63, 3.8) is 0 Å². The molecule has 1 rings (SSSR count). The fraction of sp³-hybridized carbons (Fsp3) is 0.455. The molecule has 3 N–H and O–H groups in total. The van der Waals surface area contributed by atoms with Gasteiger partial charge in [0, 0.05) is 5.56 Å². The van der Waals surface area contributed by atoms with E-state index in [9.17, 15) is 0 Å².